The lowest BCUT2D eigenvalue weighted by atomic mass is 10.1. The van der Waals surface area contributed by atoms with Crippen molar-refractivity contribution in [2.75, 3.05) is 6.54 Å². The molecule has 2 rings (SSSR count). The van der Waals surface area contributed by atoms with Gasteiger partial charge in [-0.25, -0.2) is 0 Å². The molecular formula is C13H17Cl2NO2. The molecular weight excluding hydrogens is 273 g/mol. The molecule has 100 valence electrons. The van der Waals surface area contributed by atoms with Gasteiger partial charge >= 0.3 is 0 Å². The van der Waals surface area contributed by atoms with Crippen molar-refractivity contribution in [2.45, 2.75) is 31.9 Å². The van der Waals surface area contributed by atoms with Crippen LogP contribution in [0.5, 0.6) is 5.75 Å². The van der Waals surface area contributed by atoms with Gasteiger partial charge in [0, 0.05) is 23.7 Å². The summed E-state index contributed by atoms with van der Waals surface area (Å²) < 4.78 is 0. The summed E-state index contributed by atoms with van der Waals surface area (Å²) in [6.45, 7) is 1.24. The standard InChI is InChI=1S/C13H17Cl2NO2/c14-10-4-9(13(18)11(15)5-10)7-16-6-8-2-1-3-12(8)17/h4-5,8,12,16-18H,1-3,6-7H2. The monoisotopic (exact) mass is 289 g/mol. The van der Waals surface area contributed by atoms with Gasteiger partial charge < -0.3 is 15.5 Å². The Labute approximate surface area is 117 Å². The van der Waals surface area contributed by atoms with Crippen LogP contribution >= 0.6 is 23.2 Å². The summed E-state index contributed by atoms with van der Waals surface area (Å²) in [4.78, 5) is 0. The van der Waals surface area contributed by atoms with E-state index < -0.39 is 0 Å². The minimum Gasteiger partial charge on any atom is -0.506 e. The van der Waals surface area contributed by atoms with Gasteiger partial charge in [0.05, 0.1) is 11.1 Å². The number of hydrogen-bond donors (Lipinski definition) is 3. The fraction of sp³-hybridized carbons (Fsp3) is 0.538. The van der Waals surface area contributed by atoms with Crippen LogP contribution in [0, 0.1) is 5.92 Å². The third-order valence-corrected chi connectivity index (χ3v) is 3.95. The van der Waals surface area contributed by atoms with Crippen molar-refractivity contribution in [2.24, 2.45) is 5.92 Å². The maximum atomic E-state index is 9.79. The molecule has 1 aliphatic carbocycles. The van der Waals surface area contributed by atoms with E-state index in [1.807, 2.05) is 0 Å². The Morgan fingerprint density at radius 3 is 2.72 bits per heavy atom. The molecule has 0 bridgehead atoms. The molecule has 0 amide bonds. The first kappa shape index (κ1) is 13.9. The second kappa shape index (κ2) is 6.11. The van der Waals surface area contributed by atoms with E-state index in [1.165, 1.54) is 6.07 Å². The number of aliphatic hydroxyl groups excluding tert-OH is 1. The van der Waals surface area contributed by atoms with Gasteiger partial charge in [0.15, 0.2) is 0 Å². The van der Waals surface area contributed by atoms with Crippen LogP contribution in [0.15, 0.2) is 12.1 Å². The van der Waals surface area contributed by atoms with Crippen LogP contribution in [0.3, 0.4) is 0 Å². The molecule has 1 aromatic rings. The first-order valence-electron chi connectivity index (χ1n) is 6.13. The number of phenols is 1. The number of aliphatic hydroxyl groups is 1. The van der Waals surface area contributed by atoms with Crippen molar-refractivity contribution >= 4 is 23.2 Å². The molecule has 2 unspecified atom stereocenters. The Kier molecular flexibility index (Phi) is 4.73. The predicted octanol–water partition coefficient (Wildman–Crippen LogP) is 2.95. The topological polar surface area (TPSA) is 52.5 Å². The fourth-order valence-corrected chi connectivity index (χ4v) is 2.94. The highest BCUT2D eigenvalue weighted by atomic mass is 35.5. The molecule has 0 radical (unpaired) electrons. The average Bonchev–Trinajstić information content (AvgIpc) is 2.71. The Balaban J connectivity index is 1.90. The number of phenolic OH excluding ortho intramolecular Hbond substituents is 1. The SMILES string of the molecule is Oc1c(Cl)cc(Cl)cc1CNCC1CCCC1O. The predicted molar refractivity (Wildman–Crippen MR) is 73.2 cm³/mol. The van der Waals surface area contributed by atoms with Gasteiger partial charge in [-0.1, -0.05) is 29.6 Å². The molecule has 0 aliphatic heterocycles. The molecule has 1 saturated carbocycles. The number of aromatic hydroxyl groups is 1. The van der Waals surface area contributed by atoms with Crippen molar-refractivity contribution in [1.82, 2.24) is 5.32 Å². The zero-order valence-electron chi connectivity index (χ0n) is 10.00. The van der Waals surface area contributed by atoms with Crippen molar-refractivity contribution in [3.63, 3.8) is 0 Å². The summed E-state index contributed by atoms with van der Waals surface area (Å²) in [5, 5.41) is 23.5. The second-order valence-electron chi connectivity index (χ2n) is 4.78. The quantitative estimate of drug-likeness (QED) is 0.799. The lowest BCUT2D eigenvalue weighted by Crippen LogP contribution is -2.27. The third-order valence-electron chi connectivity index (χ3n) is 3.45. The number of hydrogen-bond acceptors (Lipinski definition) is 3. The van der Waals surface area contributed by atoms with Gasteiger partial charge in [-0.05, 0) is 30.9 Å². The van der Waals surface area contributed by atoms with Gasteiger partial charge in [-0.15, -0.1) is 0 Å². The first-order chi connectivity index (χ1) is 8.58. The Morgan fingerprint density at radius 1 is 1.28 bits per heavy atom. The highest BCUT2D eigenvalue weighted by molar-refractivity contribution is 6.35. The lowest BCUT2D eigenvalue weighted by Gasteiger charge is -2.15. The highest BCUT2D eigenvalue weighted by Gasteiger charge is 2.24. The molecule has 0 aromatic heterocycles. The number of halogens is 2. The Morgan fingerprint density at radius 2 is 2.06 bits per heavy atom. The van der Waals surface area contributed by atoms with Crippen LogP contribution in [-0.4, -0.2) is 22.9 Å². The largest absolute Gasteiger partial charge is 0.506 e. The number of benzene rings is 1. The van der Waals surface area contributed by atoms with Crippen molar-refractivity contribution < 1.29 is 10.2 Å². The molecule has 3 nitrogen and oxygen atoms in total. The molecule has 18 heavy (non-hydrogen) atoms. The second-order valence-corrected chi connectivity index (χ2v) is 5.63. The first-order valence-corrected chi connectivity index (χ1v) is 6.89. The normalized spacial score (nSPS) is 23.5. The smallest absolute Gasteiger partial charge is 0.138 e. The molecule has 0 heterocycles. The number of rotatable bonds is 4. The fourth-order valence-electron chi connectivity index (χ4n) is 2.40. The minimum absolute atomic E-state index is 0.0699. The molecule has 1 aromatic carbocycles. The van der Waals surface area contributed by atoms with Gasteiger partial charge in [0.2, 0.25) is 0 Å². The third kappa shape index (κ3) is 3.29. The summed E-state index contributed by atoms with van der Waals surface area (Å²) in [6.07, 6.45) is 2.83. The van der Waals surface area contributed by atoms with Crippen LogP contribution in [0.2, 0.25) is 10.0 Å². The van der Waals surface area contributed by atoms with E-state index in [-0.39, 0.29) is 16.9 Å². The summed E-state index contributed by atoms with van der Waals surface area (Å²) >= 11 is 11.7. The Bertz CT molecular complexity index is 426. The van der Waals surface area contributed by atoms with E-state index in [0.29, 0.717) is 23.0 Å². The molecule has 0 spiro atoms. The Hall–Kier alpha value is -0.480. The van der Waals surface area contributed by atoms with E-state index in [1.54, 1.807) is 6.07 Å². The van der Waals surface area contributed by atoms with Crippen LogP contribution in [0.1, 0.15) is 24.8 Å². The number of nitrogens with one attached hydrogen (secondary N) is 1. The van der Waals surface area contributed by atoms with Gasteiger partial charge in [-0.3, -0.25) is 0 Å². The summed E-state index contributed by atoms with van der Waals surface area (Å²) in [7, 11) is 0. The van der Waals surface area contributed by atoms with Gasteiger partial charge in [0.25, 0.3) is 0 Å². The molecule has 3 N–H and O–H groups in total. The van der Waals surface area contributed by atoms with Crippen molar-refractivity contribution in [1.29, 1.82) is 0 Å². The van der Waals surface area contributed by atoms with Crippen LogP contribution < -0.4 is 5.32 Å². The maximum absolute atomic E-state index is 9.79. The molecule has 1 fully saturated rings. The van der Waals surface area contributed by atoms with E-state index in [2.05, 4.69) is 5.32 Å². The molecule has 0 saturated heterocycles. The van der Waals surface area contributed by atoms with Crippen LogP contribution in [-0.2, 0) is 6.54 Å². The summed E-state index contributed by atoms with van der Waals surface area (Å²) in [5.74, 6) is 0.377. The van der Waals surface area contributed by atoms with Crippen molar-refractivity contribution in [3.8, 4) is 5.75 Å². The van der Waals surface area contributed by atoms with E-state index in [4.69, 9.17) is 23.2 Å². The van der Waals surface area contributed by atoms with E-state index in [0.717, 1.165) is 25.8 Å². The minimum atomic E-state index is -0.200. The highest BCUT2D eigenvalue weighted by Crippen LogP contribution is 2.31. The van der Waals surface area contributed by atoms with Crippen LogP contribution in [0.4, 0.5) is 0 Å². The van der Waals surface area contributed by atoms with E-state index >= 15 is 0 Å². The molecule has 2 atom stereocenters. The van der Waals surface area contributed by atoms with E-state index in [9.17, 15) is 10.2 Å². The summed E-state index contributed by atoms with van der Waals surface area (Å²) in [6, 6.07) is 3.21. The maximum Gasteiger partial charge on any atom is 0.138 e. The molecule has 5 heteroatoms. The zero-order chi connectivity index (χ0) is 13.1. The molecule has 1 aliphatic rings. The zero-order valence-corrected chi connectivity index (χ0v) is 11.5. The summed E-state index contributed by atoms with van der Waals surface area (Å²) in [5.41, 5.74) is 0.681. The average molecular weight is 290 g/mol. The lowest BCUT2D eigenvalue weighted by molar-refractivity contribution is 0.131. The van der Waals surface area contributed by atoms with Gasteiger partial charge in [0.1, 0.15) is 5.75 Å². The van der Waals surface area contributed by atoms with Gasteiger partial charge in [-0.2, -0.15) is 0 Å². The van der Waals surface area contributed by atoms with Crippen LogP contribution in [0.25, 0.3) is 0 Å². The van der Waals surface area contributed by atoms with Crippen molar-refractivity contribution in [3.05, 3.63) is 27.7 Å².